The van der Waals surface area contributed by atoms with Crippen molar-refractivity contribution in [3.63, 3.8) is 0 Å². The normalized spacial score (nSPS) is 10.3. The van der Waals surface area contributed by atoms with Crippen LogP contribution >= 0.6 is 0 Å². The van der Waals surface area contributed by atoms with Crippen LogP contribution in [0.5, 0.6) is 0 Å². The van der Waals surface area contributed by atoms with Gasteiger partial charge in [-0.05, 0) is 60.9 Å². The van der Waals surface area contributed by atoms with E-state index >= 15 is 0 Å². The fourth-order valence-electron chi connectivity index (χ4n) is 3.09. The molecule has 3 aromatic rings. The molecule has 0 saturated heterocycles. The minimum absolute atomic E-state index is 0.158. The molecule has 0 unspecified atom stereocenters. The molecular formula is C23H19FN2O. The molecule has 0 aliphatic carbocycles. The largest absolute Gasteiger partial charge is 0.325 e. The van der Waals surface area contributed by atoms with E-state index in [0.29, 0.717) is 5.56 Å². The van der Waals surface area contributed by atoms with Gasteiger partial charge in [0, 0.05) is 5.56 Å². The van der Waals surface area contributed by atoms with Crippen molar-refractivity contribution in [3.05, 3.63) is 88.7 Å². The first-order chi connectivity index (χ1) is 13.0. The summed E-state index contributed by atoms with van der Waals surface area (Å²) >= 11 is 0. The highest BCUT2D eigenvalue weighted by Crippen LogP contribution is 2.33. The Bertz CT molecular complexity index is 1030. The van der Waals surface area contributed by atoms with Crippen LogP contribution in [0.15, 0.2) is 60.7 Å². The number of nitrogens with one attached hydrogen (secondary N) is 1. The molecule has 1 N–H and O–H groups in total. The Morgan fingerprint density at radius 3 is 2.52 bits per heavy atom. The smallest absolute Gasteiger partial charge is 0.228 e. The van der Waals surface area contributed by atoms with Gasteiger partial charge >= 0.3 is 0 Å². The molecule has 1 amide bonds. The van der Waals surface area contributed by atoms with Crippen LogP contribution in [0, 0.1) is 31.0 Å². The van der Waals surface area contributed by atoms with Crippen LogP contribution in [0.25, 0.3) is 11.1 Å². The highest BCUT2D eigenvalue weighted by Gasteiger charge is 2.13. The van der Waals surface area contributed by atoms with E-state index in [1.165, 1.54) is 12.1 Å². The zero-order chi connectivity index (χ0) is 19.4. The number of hydrogen-bond acceptors (Lipinski definition) is 2. The molecule has 0 heterocycles. The Labute approximate surface area is 158 Å². The van der Waals surface area contributed by atoms with Gasteiger partial charge in [-0.2, -0.15) is 5.26 Å². The van der Waals surface area contributed by atoms with Crippen molar-refractivity contribution in [1.29, 1.82) is 5.26 Å². The molecule has 0 fully saturated rings. The summed E-state index contributed by atoms with van der Waals surface area (Å²) in [4.78, 5) is 12.6. The Kier molecular flexibility index (Phi) is 5.33. The highest BCUT2D eigenvalue weighted by molar-refractivity contribution is 5.97. The molecule has 0 aliphatic heterocycles. The minimum atomic E-state index is -0.326. The second-order valence-electron chi connectivity index (χ2n) is 6.55. The van der Waals surface area contributed by atoms with Crippen LogP contribution in [0.3, 0.4) is 0 Å². The van der Waals surface area contributed by atoms with Crippen LogP contribution in [-0.2, 0) is 11.2 Å². The summed E-state index contributed by atoms with van der Waals surface area (Å²) in [6, 6.07) is 19.4. The molecule has 0 radical (unpaired) electrons. The van der Waals surface area contributed by atoms with Gasteiger partial charge in [0.2, 0.25) is 5.91 Å². The lowest BCUT2D eigenvalue weighted by molar-refractivity contribution is -0.115. The van der Waals surface area contributed by atoms with Gasteiger partial charge in [-0.3, -0.25) is 4.79 Å². The van der Waals surface area contributed by atoms with Crippen LogP contribution in [-0.4, -0.2) is 5.91 Å². The summed E-state index contributed by atoms with van der Waals surface area (Å²) in [7, 11) is 0. The average molecular weight is 358 g/mol. The van der Waals surface area contributed by atoms with Crippen molar-refractivity contribution in [2.24, 2.45) is 0 Å². The SMILES string of the molecule is Cc1cc(C)c(NC(=O)Cc2ccc(F)cc2)c(-c2cccc(C#N)c2)c1. The standard InChI is InChI=1S/C23H19FN2O/c1-15-10-16(2)23(21(11-15)19-5-3-4-18(12-19)14-25)26-22(27)13-17-6-8-20(24)9-7-17/h3-12H,13H2,1-2H3,(H,26,27). The maximum Gasteiger partial charge on any atom is 0.228 e. The summed E-state index contributed by atoms with van der Waals surface area (Å²) in [5.74, 6) is -0.501. The van der Waals surface area contributed by atoms with Gasteiger partial charge in [-0.15, -0.1) is 0 Å². The molecule has 0 atom stereocenters. The average Bonchev–Trinajstić information content (AvgIpc) is 2.65. The number of carbonyl (C=O) groups excluding carboxylic acids is 1. The lowest BCUT2D eigenvalue weighted by Crippen LogP contribution is -2.16. The summed E-state index contributed by atoms with van der Waals surface area (Å²) in [5.41, 5.74) is 5.79. The molecule has 0 aromatic heterocycles. The number of aryl methyl sites for hydroxylation is 2. The maximum absolute atomic E-state index is 13.0. The van der Waals surface area contributed by atoms with Gasteiger partial charge in [-0.1, -0.05) is 35.9 Å². The van der Waals surface area contributed by atoms with Crippen molar-refractivity contribution >= 4 is 11.6 Å². The van der Waals surface area contributed by atoms with E-state index in [-0.39, 0.29) is 18.1 Å². The topological polar surface area (TPSA) is 52.9 Å². The van der Waals surface area contributed by atoms with Gasteiger partial charge in [0.05, 0.1) is 23.7 Å². The number of nitriles is 1. The Morgan fingerprint density at radius 1 is 1.07 bits per heavy atom. The van der Waals surface area contributed by atoms with E-state index in [2.05, 4.69) is 11.4 Å². The number of rotatable bonds is 4. The number of amides is 1. The lowest BCUT2D eigenvalue weighted by atomic mass is 9.96. The molecular weight excluding hydrogens is 339 g/mol. The van der Waals surface area contributed by atoms with Gasteiger partial charge in [0.1, 0.15) is 5.82 Å². The van der Waals surface area contributed by atoms with E-state index < -0.39 is 0 Å². The second-order valence-corrected chi connectivity index (χ2v) is 6.55. The Hall–Kier alpha value is -3.45. The quantitative estimate of drug-likeness (QED) is 0.700. The third-order valence-electron chi connectivity index (χ3n) is 4.32. The summed E-state index contributed by atoms with van der Waals surface area (Å²) in [5, 5.41) is 12.2. The molecule has 27 heavy (non-hydrogen) atoms. The van der Waals surface area contributed by atoms with Crippen LogP contribution < -0.4 is 5.32 Å². The van der Waals surface area contributed by atoms with Crippen molar-refractivity contribution in [3.8, 4) is 17.2 Å². The van der Waals surface area contributed by atoms with Crippen molar-refractivity contribution in [1.82, 2.24) is 0 Å². The molecule has 3 rings (SSSR count). The third-order valence-corrected chi connectivity index (χ3v) is 4.32. The van der Waals surface area contributed by atoms with Crippen molar-refractivity contribution in [2.45, 2.75) is 20.3 Å². The Balaban J connectivity index is 1.93. The molecule has 0 spiro atoms. The van der Waals surface area contributed by atoms with Gasteiger partial charge in [0.15, 0.2) is 0 Å². The monoisotopic (exact) mass is 358 g/mol. The molecule has 3 aromatic carbocycles. The van der Waals surface area contributed by atoms with Gasteiger partial charge in [-0.25, -0.2) is 4.39 Å². The molecule has 4 heteroatoms. The van der Waals surface area contributed by atoms with Gasteiger partial charge in [0.25, 0.3) is 0 Å². The van der Waals surface area contributed by atoms with Crippen LogP contribution in [0.1, 0.15) is 22.3 Å². The molecule has 0 bridgehead atoms. The van der Waals surface area contributed by atoms with Gasteiger partial charge < -0.3 is 5.32 Å². The highest BCUT2D eigenvalue weighted by atomic mass is 19.1. The number of anilines is 1. The lowest BCUT2D eigenvalue weighted by Gasteiger charge is -2.16. The molecule has 0 saturated carbocycles. The number of nitrogens with zero attached hydrogens (tertiary/aromatic N) is 1. The predicted molar refractivity (Wildman–Crippen MR) is 105 cm³/mol. The van der Waals surface area contributed by atoms with Crippen molar-refractivity contribution in [2.75, 3.05) is 5.32 Å². The van der Waals surface area contributed by atoms with Crippen molar-refractivity contribution < 1.29 is 9.18 Å². The van der Waals surface area contributed by atoms with E-state index in [0.717, 1.165) is 33.5 Å². The summed E-state index contributed by atoms with van der Waals surface area (Å²) < 4.78 is 13.0. The van der Waals surface area contributed by atoms with E-state index in [1.807, 2.05) is 44.2 Å². The van der Waals surface area contributed by atoms with Crippen LogP contribution in [0.4, 0.5) is 10.1 Å². The summed E-state index contributed by atoms with van der Waals surface area (Å²) in [6.07, 6.45) is 0.158. The minimum Gasteiger partial charge on any atom is -0.325 e. The Morgan fingerprint density at radius 2 is 1.81 bits per heavy atom. The third kappa shape index (κ3) is 4.39. The number of hydrogen-bond donors (Lipinski definition) is 1. The fraction of sp³-hybridized carbons (Fsp3) is 0.130. The fourth-order valence-corrected chi connectivity index (χ4v) is 3.09. The van der Waals surface area contributed by atoms with E-state index in [9.17, 15) is 14.4 Å². The molecule has 134 valence electrons. The number of carbonyl (C=O) groups is 1. The van der Waals surface area contributed by atoms with E-state index in [1.54, 1.807) is 18.2 Å². The first kappa shape index (κ1) is 18.3. The maximum atomic E-state index is 13.0. The zero-order valence-corrected chi connectivity index (χ0v) is 15.2. The molecule has 3 nitrogen and oxygen atoms in total. The number of benzene rings is 3. The molecule has 0 aliphatic rings. The first-order valence-electron chi connectivity index (χ1n) is 8.62. The predicted octanol–water partition coefficient (Wildman–Crippen LogP) is 5.16. The first-order valence-corrected chi connectivity index (χ1v) is 8.62. The van der Waals surface area contributed by atoms with E-state index in [4.69, 9.17) is 0 Å². The second kappa shape index (κ2) is 7.84. The number of halogens is 1. The van der Waals surface area contributed by atoms with Crippen LogP contribution in [0.2, 0.25) is 0 Å². The summed E-state index contributed by atoms with van der Waals surface area (Å²) in [6.45, 7) is 3.94. The zero-order valence-electron chi connectivity index (χ0n) is 15.2.